The Balaban J connectivity index is 1.60. The molecular formula is C16H24N2O2. The Bertz CT molecular complexity index is 460. The number of likely N-dealkylation sites (N-methyl/N-ethyl adjacent to an activating group) is 1. The molecule has 0 bridgehead atoms. The molecule has 2 aliphatic rings. The van der Waals surface area contributed by atoms with Gasteiger partial charge in [0, 0.05) is 37.2 Å². The molecule has 1 fully saturated rings. The number of fused-ring (bicyclic) bond motifs is 1. The van der Waals surface area contributed by atoms with Gasteiger partial charge in [-0.3, -0.25) is 0 Å². The van der Waals surface area contributed by atoms with Crippen molar-refractivity contribution in [2.75, 3.05) is 33.9 Å². The van der Waals surface area contributed by atoms with Crippen LogP contribution < -0.4 is 14.8 Å². The molecule has 1 unspecified atom stereocenters. The molecule has 20 heavy (non-hydrogen) atoms. The number of benzene rings is 1. The van der Waals surface area contributed by atoms with Crippen LogP contribution in [0.2, 0.25) is 0 Å². The van der Waals surface area contributed by atoms with Crippen LogP contribution in [0.3, 0.4) is 0 Å². The van der Waals surface area contributed by atoms with Crippen LogP contribution in [0.5, 0.6) is 11.5 Å². The summed E-state index contributed by atoms with van der Waals surface area (Å²) in [5, 5.41) is 3.67. The molecule has 1 heterocycles. The summed E-state index contributed by atoms with van der Waals surface area (Å²) in [6.45, 7) is 2.92. The van der Waals surface area contributed by atoms with Crippen LogP contribution in [0.15, 0.2) is 18.2 Å². The zero-order valence-electron chi connectivity index (χ0n) is 12.4. The van der Waals surface area contributed by atoms with E-state index < -0.39 is 0 Å². The first-order valence-corrected chi connectivity index (χ1v) is 7.52. The Morgan fingerprint density at radius 1 is 1.35 bits per heavy atom. The fourth-order valence-corrected chi connectivity index (χ4v) is 2.82. The summed E-state index contributed by atoms with van der Waals surface area (Å²) < 4.78 is 11.0. The van der Waals surface area contributed by atoms with Crippen LogP contribution in [0.25, 0.3) is 0 Å². The van der Waals surface area contributed by atoms with Crippen LogP contribution >= 0.6 is 0 Å². The second kappa shape index (κ2) is 6.02. The lowest BCUT2D eigenvalue weighted by atomic mass is 10.00. The SMILES string of the molecule is COc1ccc2c(c1)C(NCCN(C)C1CC1)CCO2. The highest BCUT2D eigenvalue weighted by molar-refractivity contribution is 5.43. The number of methoxy groups -OCH3 is 1. The van der Waals surface area contributed by atoms with Crippen molar-refractivity contribution in [1.29, 1.82) is 0 Å². The van der Waals surface area contributed by atoms with Crippen LogP contribution in [0.4, 0.5) is 0 Å². The number of hydrogen-bond acceptors (Lipinski definition) is 4. The molecule has 1 N–H and O–H groups in total. The van der Waals surface area contributed by atoms with Crippen molar-refractivity contribution in [2.45, 2.75) is 31.3 Å². The fraction of sp³-hybridized carbons (Fsp3) is 0.625. The smallest absolute Gasteiger partial charge is 0.124 e. The molecule has 1 saturated carbocycles. The highest BCUT2D eigenvalue weighted by atomic mass is 16.5. The van der Waals surface area contributed by atoms with Gasteiger partial charge in [0.25, 0.3) is 0 Å². The average Bonchev–Trinajstić information content (AvgIpc) is 3.31. The van der Waals surface area contributed by atoms with Crippen LogP contribution in [0.1, 0.15) is 30.9 Å². The molecule has 1 aromatic rings. The first-order valence-electron chi connectivity index (χ1n) is 7.52. The summed E-state index contributed by atoms with van der Waals surface area (Å²) in [6.07, 6.45) is 3.76. The highest BCUT2D eigenvalue weighted by Crippen LogP contribution is 2.34. The predicted octanol–water partition coefficient (Wildman–Crippen LogP) is 2.20. The molecule has 1 atom stereocenters. The third kappa shape index (κ3) is 3.07. The lowest BCUT2D eigenvalue weighted by Gasteiger charge is -2.28. The maximum absolute atomic E-state index is 5.72. The average molecular weight is 276 g/mol. The molecule has 4 heteroatoms. The van der Waals surface area contributed by atoms with Gasteiger partial charge in [-0.05, 0) is 38.1 Å². The molecule has 0 saturated heterocycles. The Morgan fingerprint density at radius 3 is 2.95 bits per heavy atom. The van der Waals surface area contributed by atoms with E-state index in [0.29, 0.717) is 6.04 Å². The Morgan fingerprint density at radius 2 is 2.20 bits per heavy atom. The summed E-state index contributed by atoms with van der Waals surface area (Å²) in [5.41, 5.74) is 1.23. The van der Waals surface area contributed by atoms with Gasteiger partial charge in [0.1, 0.15) is 11.5 Å². The van der Waals surface area contributed by atoms with Crippen molar-refractivity contribution in [3.8, 4) is 11.5 Å². The normalized spacial score (nSPS) is 21.4. The van der Waals surface area contributed by atoms with Gasteiger partial charge in [-0.2, -0.15) is 0 Å². The standard InChI is InChI=1S/C16H24N2O2/c1-18(12-3-4-12)9-8-17-15-7-10-20-16-6-5-13(19-2)11-14(15)16/h5-6,11-12,15,17H,3-4,7-10H2,1-2H3. The second-order valence-electron chi connectivity index (χ2n) is 5.76. The van der Waals surface area contributed by atoms with E-state index in [0.717, 1.165) is 43.7 Å². The molecule has 1 aliphatic carbocycles. The predicted molar refractivity (Wildman–Crippen MR) is 79.5 cm³/mol. The molecule has 0 radical (unpaired) electrons. The van der Waals surface area contributed by atoms with Crippen molar-refractivity contribution >= 4 is 0 Å². The summed E-state index contributed by atoms with van der Waals surface area (Å²) in [5.74, 6) is 1.89. The molecular weight excluding hydrogens is 252 g/mol. The lowest BCUT2D eigenvalue weighted by Crippen LogP contribution is -2.34. The summed E-state index contributed by atoms with van der Waals surface area (Å²) in [4.78, 5) is 2.46. The third-order valence-corrected chi connectivity index (χ3v) is 4.28. The first kappa shape index (κ1) is 13.7. The van der Waals surface area contributed by atoms with E-state index >= 15 is 0 Å². The molecule has 0 spiro atoms. The van der Waals surface area contributed by atoms with Crippen LogP contribution in [-0.4, -0.2) is 44.8 Å². The van der Waals surface area contributed by atoms with Crippen molar-refractivity contribution in [2.24, 2.45) is 0 Å². The van der Waals surface area contributed by atoms with Gasteiger partial charge in [-0.25, -0.2) is 0 Å². The van der Waals surface area contributed by atoms with Crippen molar-refractivity contribution < 1.29 is 9.47 Å². The molecule has 110 valence electrons. The van der Waals surface area contributed by atoms with E-state index in [1.54, 1.807) is 7.11 Å². The van der Waals surface area contributed by atoms with E-state index in [-0.39, 0.29) is 0 Å². The number of rotatable bonds is 6. The Labute approximate surface area is 121 Å². The maximum atomic E-state index is 5.72. The van der Waals surface area contributed by atoms with E-state index in [1.807, 2.05) is 12.1 Å². The minimum absolute atomic E-state index is 0.376. The van der Waals surface area contributed by atoms with Gasteiger partial charge in [0.15, 0.2) is 0 Å². The van der Waals surface area contributed by atoms with Gasteiger partial charge in [-0.1, -0.05) is 0 Å². The topological polar surface area (TPSA) is 33.7 Å². The minimum atomic E-state index is 0.376. The van der Waals surface area contributed by atoms with E-state index in [9.17, 15) is 0 Å². The van der Waals surface area contributed by atoms with Crippen molar-refractivity contribution in [3.05, 3.63) is 23.8 Å². The number of ether oxygens (including phenoxy) is 2. The second-order valence-corrected chi connectivity index (χ2v) is 5.76. The van der Waals surface area contributed by atoms with Gasteiger partial charge in [-0.15, -0.1) is 0 Å². The summed E-state index contributed by atoms with van der Waals surface area (Å²) in [6, 6.07) is 7.28. The van der Waals surface area contributed by atoms with Gasteiger partial charge in [0.2, 0.25) is 0 Å². The molecule has 4 nitrogen and oxygen atoms in total. The molecule has 0 aromatic heterocycles. The van der Waals surface area contributed by atoms with Crippen LogP contribution in [0, 0.1) is 0 Å². The van der Waals surface area contributed by atoms with Gasteiger partial charge < -0.3 is 19.7 Å². The summed E-state index contributed by atoms with van der Waals surface area (Å²) >= 11 is 0. The van der Waals surface area contributed by atoms with Gasteiger partial charge in [0.05, 0.1) is 13.7 Å². The van der Waals surface area contributed by atoms with Crippen LogP contribution in [-0.2, 0) is 0 Å². The molecule has 1 aromatic carbocycles. The number of nitrogens with zero attached hydrogens (tertiary/aromatic N) is 1. The zero-order valence-corrected chi connectivity index (χ0v) is 12.4. The lowest BCUT2D eigenvalue weighted by molar-refractivity contribution is 0.244. The number of nitrogens with one attached hydrogen (secondary N) is 1. The van der Waals surface area contributed by atoms with Gasteiger partial charge >= 0.3 is 0 Å². The van der Waals surface area contributed by atoms with E-state index in [1.165, 1.54) is 18.4 Å². The van der Waals surface area contributed by atoms with Crippen molar-refractivity contribution in [3.63, 3.8) is 0 Å². The van der Waals surface area contributed by atoms with E-state index in [4.69, 9.17) is 9.47 Å². The quantitative estimate of drug-likeness (QED) is 0.863. The van der Waals surface area contributed by atoms with Crippen molar-refractivity contribution in [1.82, 2.24) is 10.2 Å². The largest absolute Gasteiger partial charge is 0.497 e. The third-order valence-electron chi connectivity index (χ3n) is 4.28. The number of hydrogen-bond donors (Lipinski definition) is 1. The minimum Gasteiger partial charge on any atom is -0.497 e. The fourth-order valence-electron chi connectivity index (χ4n) is 2.82. The molecule has 1 aliphatic heterocycles. The monoisotopic (exact) mass is 276 g/mol. The Hall–Kier alpha value is -1.26. The first-order chi connectivity index (χ1) is 9.78. The zero-order chi connectivity index (χ0) is 13.9. The van der Waals surface area contributed by atoms with E-state index in [2.05, 4.69) is 23.3 Å². The molecule has 0 amide bonds. The molecule has 3 rings (SSSR count). The summed E-state index contributed by atoms with van der Waals surface area (Å²) in [7, 11) is 3.93. The Kier molecular flexibility index (Phi) is 4.13. The maximum Gasteiger partial charge on any atom is 0.124 e. The highest BCUT2D eigenvalue weighted by Gasteiger charge is 2.26.